The molecule has 1 amide bonds. The van der Waals surface area contributed by atoms with Gasteiger partial charge >= 0.3 is 0 Å². The monoisotopic (exact) mass is 472 g/mol. The number of nitrogens with zero attached hydrogens (tertiary/aromatic N) is 3. The van der Waals surface area contributed by atoms with E-state index in [0.29, 0.717) is 31.9 Å². The summed E-state index contributed by atoms with van der Waals surface area (Å²) in [6, 6.07) is 13.9. The van der Waals surface area contributed by atoms with Crippen LogP contribution in [0.1, 0.15) is 24.0 Å². The average Bonchev–Trinajstić information content (AvgIpc) is 2.83. The minimum atomic E-state index is -4.06. The second-order valence-electron chi connectivity index (χ2n) is 7.75. The number of nitro benzene ring substituents is 1. The van der Waals surface area contributed by atoms with Crippen LogP contribution in [0.3, 0.4) is 0 Å². The zero-order chi connectivity index (χ0) is 23.8. The van der Waals surface area contributed by atoms with Crippen molar-refractivity contribution in [2.45, 2.75) is 24.3 Å². The van der Waals surface area contributed by atoms with Crippen LogP contribution < -0.4 is 4.72 Å². The number of non-ortho nitro benzene ring substituents is 1. The highest BCUT2D eigenvalue weighted by atomic mass is 32.2. The predicted octanol–water partition coefficient (Wildman–Crippen LogP) is 2.20. The van der Waals surface area contributed by atoms with E-state index in [9.17, 15) is 23.3 Å². The molecule has 0 radical (unpaired) electrons. The van der Waals surface area contributed by atoms with E-state index in [1.807, 2.05) is 12.1 Å². The van der Waals surface area contributed by atoms with Gasteiger partial charge in [0.2, 0.25) is 15.9 Å². The number of likely N-dealkylation sites (tertiary alicyclic amines) is 1. The number of carbonyl (C=O) groups excluding carboxylic acids is 1. The first-order chi connectivity index (χ1) is 15.8. The highest BCUT2D eigenvalue weighted by Gasteiger charge is 2.25. The fraction of sp³-hybridized carbons (Fsp3) is 0.364. The molecule has 1 atom stereocenters. The van der Waals surface area contributed by atoms with Crippen molar-refractivity contribution in [2.24, 2.45) is 5.92 Å². The third kappa shape index (κ3) is 6.82. The number of hydrogen-bond acceptors (Lipinski definition) is 7. The number of benzene rings is 2. The van der Waals surface area contributed by atoms with Crippen LogP contribution in [0, 0.1) is 27.4 Å². The van der Waals surface area contributed by atoms with Crippen LogP contribution in [0.5, 0.6) is 0 Å². The number of sulfonamides is 1. The summed E-state index contributed by atoms with van der Waals surface area (Å²) in [6.07, 6.45) is 1.69. The Morgan fingerprint density at radius 3 is 2.73 bits per heavy atom. The maximum absolute atomic E-state index is 12.6. The Balaban J connectivity index is 1.48. The van der Waals surface area contributed by atoms with Gasteiger partial charge in [-0.25, -0.2) is 13.1 Å². The maximum atomic E-state index is 12.6. The summed E-state index contributed by atoms with van der Waals surface area (Å²) >= 11 is 0. The van der Waals surface area contributed by atoms with E-state index in [1.165, 1.54) is 18.2 Å². The summed E-state index contributed by atoms with van der Waals surface area (Å²) < 4.78 is 32.9. The Labute approximate surface area is 192 Å². The normalized spacial score (nSPS) is 16.2. The van der Waals surface area contributed by atoms with Crippen LogP contribution >= 0.6 is 0 Å². The molecule has 1 saturated heterocycles. The van der Waals surface area contributed by atoms with Crippen molar-refractivity contribution in [3.63, 3.8) is 0 Å². The third-order valence-electron chi connectivity index (χ3n) is 5.33. The number of nitriles is 1. The van der Waals surface area contributed by atoms with Gasteiger partial charge in [-0.1, -0.05) is 18.2 Å². The molecular formula is C22H24N4O6S. The molecule has 0 aliphatic carbocycles. The van der Waals surface area contributed by atoms with Crippen LogP contribution in [-0.2, 0) is 26.2 Å². The van der Waals surface area contributed by atoms with Crippen molar-refractivity contribution in [1.82, 2.24) is 9.62 Å². The second-order valence-corrected chi connectivity index (χ2v) is 9.52. The molecule has 1 aliphatic rings. The Morgan fingerprint density at radius 1 is 1.27 bits per heavy atom. The van der Waals surface area contributed by atoms with Crippen LogP contribution in [0.2, 0.25) is 0 Å². The number of rotatable bonds is 9. The van der Waals surface area contributed by atoms with Gasteiger partial charge < -0.3 is 9.64 Å². The van der Waals surface area contributed by atoms with Crippen molar-refractivity contribution < 1.29 is 22.9 Å². The summed E-state index contributed by atoms with van der Waals surface area (Å²) in [5.41, 5.74) is 1.19. The molecule has 1 unspecified atom stereocenters. The molecule has 2 aromatic rings. The zero-order valence-electron chi connectivity index (χ0n) is 17.8. The average molecular weight is 473 g/mol. The predicted molar refractivity (Wildman–Crippen MR) is 118 cm³/mol. The number of piperidine rings is 1. The van der Waals surface area contributed by atoms with Gasteiger partial charge in [0, 0.05) is 25.2 Å². The first-order valence-electron chi connectivity index (χ1n) is 10.4. The summed E-state index contributed by atoms with van der Waals surface area (Å²) in [6.45, 7) is 1.43. The van der Waals surface area contributed by atoms with Gasteiger partial charge in [0.25, 0.3) is 5.69 Å². The van der Waals surface area contributed by atoms with E-state index in [0.717, 1.165) is 24.5 Å². The smallest absolute Gasteiger partial charge is 0.270 e. The largest absolute Gasteiger partial charge is 0.376 e. The van der Waals surface area contributed by atoms with E-state index >= 15 is 0 Å². The van der Waals surface area contributed by atoms with Gasteiger partial charge in [-0.05, 0) is 42.5 Å². The highest BCUT2D eigenvalue weighted by Crippen LogP contribution is 2.19. The SMILES string of the molecule is N#Cc1ccc(COCC2CCCN(C(=O)CNS(=O)(=O)c3cccc([N+](=O)[O-])c3)C2)cc1. The molecule has 3 rings (SSSR count). The van der Waals surface area contributed by atoms with Gasteiger partial charge in [0.1, 0.15) is 0 Å². The van der Waals surface area contributed by atoms with E-state index in [1.54, 1.807) is 17.0 Å². The first kappa shape index (κ1) is 24.3. The fourth-order valence-corrected chi connectivity index (χ4v) is 4.58. The van der Waals surface area contributed by atoms with Crippen LogP contribution in [0.15, 0.2) is 53.4 Å². The third-order valence-corrected chi connectivity index (χ3v) is 6.73. The Bertz CT molecular complexity index is 1140. The Morgan fingerprint density at radius 2 is 2.03 bits per heavy atom. The molecule has 2 aromatic carbocycles. The minimum absolute atomic E-state index is 0.134. The molecule has 0 bridgehead atoms. The summed E-state index contributed by atoms with van der Waals surface area (Å²) in [5.74, 6) is -0.227. The summed E-state index contributed by atoms with van der Waals surface area (Å²) in [7, 11) is -4.06. The lowest BCUT2D eigenvalue weighted by molar-refractivity contribution is -0.385. The van der Waals surface area contributed by atoms with Crippen LogP contribution in [-0.4, -0.2) is 50.4 Å². The minimum Gasteiger partial charge on any atom is -0.376 e. The van der Waals surface area contributed by atoms with Crippen molar-refractivity contribution in [3.8, 4) is 6.07 Å². The topological polar surface area (TPSA) is 143 Å². The Hall–Kier alpha value is -3.33. The van der Waals surface area contributed by atoms with E-state index in [2.05, 4.69) is 10.8 Å². The highest BCUT2D eigenvalue weighted by molar-refractivity contribution is 7.89. The lowest BCUT2D eigenvalue weighted by Gasteiger charge is -2.32. The lowest BCUT2D eigenvalue weighted by atomic mass is 9.99. The van der Waals surface area contributed by atoms with Gasteiger partial charge in [0.15, 0.2) is 0 Å². The van der Waals surface area contributed by atoms with Crippen LogP contribution in [0.4, 0.5) is 5.69 Å². The maximum Gasteiger partial charge on any atom is 0.270 e. The zero-order valence-corrected chi connectivity index (χ0v) is 18.7. The fourth-order valence-electron chi connectivity index (χ4n) is 3.56. The van der Waals surface area contributed by atoms with E-state index in [4.69, 9.17) is 10.00 Å². The molecular weight excluding hydrogens is 448 g/mol. The molecule has 33 heavy (non-hydrogen) atoms. The molecule has 1 aliphatic heterocycles. The van der Waals surface area contributed by atoms with Gasteiger partial charge in [-0.15, -0.1) is 0 Å². The summed E-state index contributed by atoms with van der Waals surface area (Å²) in [5, 5.41) is 19.7. The number of nitro groups is 1. The van der Waals surface area contributed by atoms with Crippen molar-refractivity contribution in [3.05, 3.63) is 69.8 Å². The number of hydrogen-bond donors (Lipinski definition) is 1. The van der Waals surface area contributed by atoms with Gasteiger partial charge in [0.05, 0.1) is 41.2 Å². The number of ether oxygens (including phenoxy) is 1. The molecule has 11 heteroatoms. The van der Waals surface area contributed by atoms with E-state index < -0.39 is 21.5 Å². The molecule has 0 spiro atoms. The molecule has 1 N–H and O–H groups in total. The number of nitrogens with one attached hydrogen (secondary N) is 1. The van der Waals surface area contributed by atoms with Crippen molar-refractivity contribution in [2.75, 3.05) is 26.2 Å². The van der Waals surface area contributed by atoms with Crippen molar-refractivity contribution in [1.29, 1.82) is 5.26 Å². The van der Waals surface area contributed by atoms with Crippen molar-refractivity contribution >= 4 is 21.6 Å². The van der Waals surface area contributed by atoms with Gasteiger partial charge in [-0.2, -0.15) is 5.26 Å². The van der Waals surface area contributed by atoms with Gasteiger partial charge in [-0.3, -0.25) is 14.9 Å². The molecule has 0 saturated carbocycles. The molecule has 10 nitrogen and oxygen atoms in total. The number of amides is 1. The first-order valence-corrected chi connectivity index (χ1v) is 11.9. The molecule has 1 fully saturated rings. The Kier molecular flexibility index (Phi) is 8.11. The molecule has 174 valence electrons. The van der Waals surface area contributed by atoms with E-state index in [-0.39, 0.29) is 22.4 Å². The summed E-state index contributed by atoms with van der Waals surface area (Å²) in [4.78, 5) is 24.1. The second kappa shape index (κ2) is 11.0. The quantitative estimate of drug-likeness (QED) is 0.435. The lowest BCUT2D eigenvalue weighted by Crippen LogP contribution is -2.45. The van der Waals surface area contributed by atoms with Crippen LogP contribution in [0.25, 0.3) is 0 Å². The molecule has 1 heterocycles. The number of carbonyl (C=O) groups is 1. The molecule has 0 aromatic heterocycles. The standard InChI is InChI=1S/C22H24N4O6S/c23-12-17-6-8-18(9-7-17)15-32-16-19-3-2-10-25(14-19)22(27)13-24-33(30,31)21-5-1-4-20(11-21)26(28)29/h1,4-9,11,19,24H,2-3,10,13-16H2.